The van der Waals surface area contributed by atoms with Gasteiger partial charge in [-0.1, -0.05) is 101 Å². The first kappa shape index (κ1) is 30.3. The maximum Gasteiger partial charge on any atom is 0.341 e. The number of imidazole rings is 1. The number of fused-ring (bicyclic) bond motifs is 4. The van der Waals surface area contributed by atoms with Gasteiger partial charge in [0, 0.05) is 12.1 Å². The zero-order chi connectivity index (χ0) is 32.1. The number of carbonyl (C=O) groups is 1. The van der Waals surface area contributed by atoms with Gasteiger partial charge in [-0.2, -0.15) is 0 Å². The highest BCUT2D eigenvalue weighted by atomic mass is 16.5. The minimum atomic E-state index is -0.992. The zero-order valence-electron chi connectivity index (χ0n) is 27.4. The van der Waals surface area contributed by atoms with Gasteiger partial charge in [-0.3, -0.25) is 0 Å². The van der Waals surface area contributed by atoms with Crippen molar-refractivity contribution in [3.63, 3.8) is 0 Å². The van der Waals surface area contributed by atoms with Crippen LogP contribution in [-0.4, -0.2) is 27.2 Å². The molecule has 4 aromatic carbocycles. The van der Waals surface area contributed by atoms with Crippen molar-refractivity contribution in [2.75, 3.05) is 6.61 Å². The number of aryl methyl sites for hydroxylation is 1. The molecule has 0 radical (unpaired) electrons. The van der Waals surface area contributed by atoms with Crippen molar-refractivity contribution in [2.24, 2.45) is 11.3 Å². The van der Waals surface area contributed by atoms with Crippen LogP contribution in [-0.2, 0) is 23.2 Å². The highest BCUT2D eigenvalue weighted by molar-refractivity contribution is 5.85. The van der Waals surface area contributed by atoms with Crippen molar-refractivity contribution >= 4 is 17.0 Å². The fourth-order valence-electron chi connectivity index (χ4n) is 8.74. The highest BCUT2D eigenvalue weighted by Gasteiger charge is 2.52. The number of aliphatic carboxylic acids is 1. The second kappa shape index (κ2) is 11.8. The Morgan fingerprint density at radius 1 is 0.935 bits per heavy atom. The lowest BCUT2D eigenvalue weighted by Crippen LogP contribution is -2.50. The Balaban J connectivity index is 1.32. The summed E-state index contributed by atoms with van der Waals surface area (Å²) >= 11 is 0. The molecule has 0 aliphatic heterocycles. The summed E-state index contributed by atoms with van der Waals surface area (Å²) < 4.78 is 8.03. The molecule has 0 amide bonds. The van der Waals surface area contributed by atoms with Gasteiger partial charge in [0.2, 0.25) is 0 Å². The molecule has 236 valence electrons. The van der Waals surface area contributed by atoms with Gasteiger partial charge >= 0.3 is 5.97 Å². The van der Waals surface area contributed by atoms with E-state index in [0.29, 0.717) is 17.6 Å². The fourth-order valence-corrected chi connectivity index (χ4v) is 8.74. The third-order valence-corrected chi connectivity index (χ3v) is 11.0. The van der Waals surface area contributed by atoms with Gasteiger partial charge in [-0.05, 0) is 100 Å². The van der Waals surface area contributed by atoms with E-state index in [4.69, 9.17) is 9.72 Å². The van der Waals surface area contributed by atoms with Crippen LogP contribution in [0.1, 0.15) is 76.0 Å². The second-order valence-electron chi connectivity index (χ2n) is 14.4. The minimum absolute atomic E-state index is 0.0688. The molecule has 7 rings (SSSR count). The van der Waals surface area contributed by atoms with Crippen LogP contribution >= 0.6 is 0 Å². The van der Waals surface area contributed by atoms with E-state index >= 15 is 0 Å². The van der Waals surface area contributed by atoms with Crippen molar-refractivity contribution in [3.05, 3.63) is 108 Å². The normalized spacial score (nSPS) is 22.4. The SMILES string of the molecule is CC(C)c1ccc2c(c1)CC[C@H]1[C@@](C)(Cn3c(-c4cccc(OCC(=O)O)c4)nc4cc(-c5ccccc5)ccc43)CCC[C@]21C. The van der Waals surface area contributed by atoms with E-state index in [1.54, 1.807) is 11.1 Å². The summed E-state index contributed by atoms with van der Waals surface area (Å²) in [5.74, 6) is 1.52. The third kappa shape index (κ3) is 5.40. The molecule has 2 aliphatic rings. The summed E-state index contributed by atoms with van der Waals surface area (Å²) in [7, 11) is 0. The number of benzene rings is 4. The van der Waals surface area contributed by atoms with Crippen LogP contribution in [0.4, 0.5) is 0 Å². The van der Waals surface area contributed by atoms with Crippen molar-refractivity contribution in [2.45, 2.75) is 77.7 Å². The van der Waals surface area contributed by atoms with Gasteiger partial charge in [-0.25, -0.2) is 9.78 Å². The summed E-state index contributed by atoms with van der Waals surface area (Å²) in [4.78, 5) is 16.5. The quantitative estimate of drug-likeness (QED) is 0.189. The van der Waals surface area contributed by atoms with E-state index in [1.807, 2.05) is 24.3 Å². The number of aromatic nitrogens is 2. The zero-order valence-corrected chi connectivity index (χ0v) is 27.4. The maximum atomic E-state index is 11.2. The molecule has 1 fully saturated rings. The summed E-state index contributed by atoms with van der Waals surface area (Å²) in [6.45, 7) is 10.1. The Morgan fingerprint density at radius 2 is 1.74 bits per heavy atom. The summed E-state index contributed by atoms with van der Waals surface area (Å²) in [5, 5.41) is 9.20. The summed E-state index contributed by atoms with van der Waals surface area (Å²) in [5.41, 5.74) is 10.1. The molecule has 3 atom stereocenters. The third-order valence-electron chi connectivity index (χ3n) is 11.0. The van der Waals surface area contributed by atoms with Crippen molar-refractivity contribution in [1.29, 1.82) is 0 Å². The molecule has 46 heavy (non-hydrogen) atoms. The largest absolute Gasteiger partial charge is 0.482 e. The van der Waals surface area contributed by atoms with E-state index in [2.05, 4.69) is 99.0 Å². The first-order valence-corrected chi connectivity index (χ1v) is 16.8. The smallest absolute Gasteiger partial charge is 0.341 e. The predicted octanol–water partition coefficient (Wildman–Crippen LogP) is 9.67. The molecule has 5 aromatic rings. The first-order chi connectivity index (χ1) is 22.1. The molecule has 0 spiro atoms. The monoisotopic (exact) mass is 612 g/mol. The van der Waals surface area contributed by atoms with E-state index < -0.39 is 5.97 Å². The Labute approximate surface area is 272 Å². The van der Waals surface area contributed by atoms with Crippen molar-refractivity contribution in [3.8, 4) is 28.3 Å². The van der Waals surface area contributed by atoms with Crippen LogP contribution in [0.3, 0.4) is 0 Å². The van der Waals surface area contributed by atoms with Gasteiger partial charge in [0.05, 0.1) is 11.0 Å². The molecule has 1 heterocycles. The second-order valence-corrected chi connectivity index (χ2v) is 14.4. The summed E-state index contributed by atoms with van der Waals surface area (Å²) in [6, 6.07) is 32.1. The molecule has 5 heteroatoms. The first-order valence-electron chi connectivity index (χ1n) is 16.8. The average Bonchev–Trinajstić information content (AvgIpc) is 3.41. The minimum Gasteiger partial charge on any atom is -0.482 e. The Hall–Kier alpha value is -4.38. The van der Waals surface area contributed by atoms with Crippen LogP contribution in [0.5, 0.6) is 5.75 Å². The van der Waals surface area contributed by atoms with Gasteiger partial charge in [-0.15, -0.1) is 0 Å². The van der Waals surface area contributed by atoms with Crippen LogP contribution in [0, 0.1) is 11.3 Å². The Morgan fingerprint density at radius 3 is 2.52 bits per heavy atom. The van der Waals surface area contributed by atoms with Gasteiger partial charge in [0.1, 0.15) is 11.6 Å². The molecular weight excluding hydrogens is 568 g/mol. The fraction of sp³-hybridized carbons (Fsp3) is 0.366. The number of carboxylic acid groups (broad SMARTS) is 1. The van der Waals surface area contributed by atoms with Crippen LogP contribution in [0.25, 0.3) is 33.5 Å². The lowest BCUT2D eigenvalue weighted by atomic mass is 9.49. The predicted molar refractivity (Wildman–Crippen MR) is 185 cm³/mol. The van der Waals surface area contributed by atoms with Crippen LogP contribution in [0.2, 0.25) is 0 Å². The molecule has 0 saturated heterocycles. The van der Waals surface area contributed by atoms with E-state index in [0.717, 1.165) is 41.0 Å². The molecule has 1 saturated carbocycles. The van der Waals surface area contributed by atoms with Gasteiger partial charge in [0.15, 0.2) is 6.61 Å². The van der Waals surface area contributed by atoms with E-state index in [1.165, 1.54) is 36.8 Å². The van der Waals surface area contributed by atoms with Crippen molar-refractivity contribution < 1.29 is 14.6 Å². The number of hydrogen-bond donors (Lipinski definition) is 1. The maximum absolute atomic E-state index is 11.2. The van der Waals surface area contributed by atoms with E-state index in [-0.39, 0.29) is 17.4 Å². The molecule has 5 nitrogen and oxygen atoms in total. The average molecular weight is 613 g/mol. The molecule has 1 N–H and O–H groups in total. The lowest BCUT2D eigenvalue weighted by molar-refractivity contribution is -0.139. The molecule has 0 unspecified atom stereocenters. The standard InChI is InChI=1S/C41H44N2O3/c1-27(2)29-14-17-34-31(22-29)16-19-37-40(3,20-9-21-41(34,37)4)26-43-36-18-15-30(28-10-6-5-7-11-28)24-35(36)42-39(43)32-12-8-13-33(23-32)46-25-38(44)45/h5-8,10-15,17-18,22-24,27,37H,9,16,19-21,25-26H2,1-4H3,(H,44,45)/t37-,40+,41+/m0/s1. The lowest BCUT2D eigenvalue weighted by Gasteiger charge is -2.56. The number of nitrogens with zero attached hydrogens (tertiary/aromatic N) is 2. The number of rotatable bonds is 8. The Bertz CT molecular complexity index is 1910. The highest BCUT2D eigenvalue weighted by Crippen LogP contribution is 2.58. The molecule has 2 aliphatic carbocycles. The van der Waals surface area contributed by atoms with Gasteiger partial charge in [0.25, 0.3) is 0 Å². The van der Waals surface area contributed by atoms with Crippen molar-refractivity contribution in [1.82, 2.24) is 9.55 Å². The summed E-state index contributed by atoms with van der Waals surface area (Å²) in [6.07, 6.45) is 5.93. The number of ether oxygens (including phenoxy) is 1. The van der Waals surface area contributed by atoms with E-state index in [9.17, 15) is 9.90 Å². The van der Waals surface area contributed by atoms with Crippen LogP contribution < -0.4 is 4.74 Å². The van der Waals surface area contributed by atoms with Gasteiger partial charge < -0.3 is 14.4 Å². The topological polar surface area (TPSA) is 64.3 Å². The number of carboxylic acids is 1. The number of hydrogen-bond acceptors (Lipinski definition) is 3. The molecule has 1 aromatic heterocycles. The Kier molecular flexibility index (Phi) is 7.75. The molecular formula is C41H44N2O3. The van der Waals surface area contributed by atoms with Crippen LogP contribution in [0.15, 0.2) is 91.0 Å². The molecule has 0 bridgehead atoms.